The first-order valence-corrected chi connectivity index (χ1v) is 4.95. The molecule has 0 spiro atoms. The van der Waals surface area contributed by atoms with Gasteiger partial charge in [0.25, 0.3) is 0 Å². The summed E-state index contributed by atoms with van der Waals surface area (Å²) in [5.41, 5.74) is -0.545. The number of hydrogen-bond acceptors (Lipinski definition) is 2. The highest BCUT2D eigenvalue weighted by molar-refractivity contribution is 5.82. The molecule has 3 heteroatoms. The number of carboxylic acids is 1. The van der Waals surface area contributed by atoms with Gasteiger partial charge in [-0.05, 0) is 11.5 Å². The van der Waals surface area contributed by atoms with Crippen LogP contribution in [0, 0.1) is 5.92 Å². The van der Waals surface area contributed by atoms with Gasteiger partial charge < -0.3 is 10.2 Å². The third kappa shape index (κ3) is 1.88. The maximum Gasteiger partial charge on any atom is 0.316 e. The molecule has 1 rings (SSSR count). The summed E-state index contributed by atoms with van der Waals surface area (Å²) in [7, 11) is 0. The minimum absolute atomic E-state index is 0.164. The van der Waals surface area contributed by atoms with Gasteiger partial charge in [0.15, 0.2) is 0 Å². The van der Waals surface area contributed by atoms with Crippen LogP contribution in [0.4, 0.5) is 0 Å². The number of aliphatic hydroxyl groups is 1. The molecule has 0 radical (unpaired) electrons. The highest BCUT2D eigenvalue weighted by atomic mass is 16.4. The first-order chi connectivity index (χ1) is 7.05. The van der Waals surface area contributed by atoms with E-state index in [0.717, 1.165) is 0 Å². The first-order valence-electron chi connectivity index (χ1n) is 4.95. The second-order valence-corrected chi connectivity index (χ2v) is 3.96. The van der Waals surface area contributed by atoms with E-state index in [9.17, 15) is 15.0 Å². The quantitative estimate of drug-likeness (QED) is 0.791. The van der Waals surface area contributed by atoms with Crippen molar-refractivity contribution in [2.45, 2.75) is 19.3 Å². The lowest BCUT2D eigenvalue weighted by Gasteiger charge is -2.31. The highest BCUT2D eigenvalue weighted by Crippen LogP contribution is 2.32. The number of aliphatic carboxylic acids is 1. The third-order valence-electron chi connectivity index (χ3n) is 2.91. The summed E-state index contributed by atoms with van der Waals surface area (Å²) in [4.78, 5) is 11.3. The zero-order valence-corrected chi connectivity index (χ0v) is 8.97. The monoisotopic (exact) mass is 208 g/mol. The molecular weight excluding hydrogens is 192 g/mol. The summed E-state index contributed by atoms with van der Waals surface area (Å²) < 4.78 is 0. The second kappa shape index (κ2) is 4.45. The van der Waals surface area contributed by atoms with E-state index >= 15 is 0 Å². The van der Waals surface area contributed by atoms with Gasteiger partial charge in [-0.2, -0.15) is 0 Å². The van der Waals surface area contributed by atoms with Gasteiger partial charge in [0.05, 0.1) is 6.61 Å². The van der Waals surface area contributed by atoms with Gasteiger partial charge >= 0.3 is 5.97 Å². The van der Waals surface area contributed by atoms with Crippen molar-refractivity contribution in [2.24, 2.45) is 5.92 Å². The fourth-order valence-corrected chi connectivity index (χ4v) is 1.78. The Morgan fingerprint density at radius 1 is 1.33 bits per heavy atom. The van der Waals surface area contributed by atoms with E-state index < -0.39 is 11.4 Å². The Balaban J connectivity index is 3.28. The molecule has 0 aliphatic rings. The van der Waals surface area contributed by atoms with Gasteiger partial charge in [-0.25, -0.2) is 0 Å². The van der Waals surface area contributed by atoms with Gasteiger partial charge in [0.2, 0.25) is 0 Å². The summed E-state index contributed by atoms with van der Waals surface area (Å²) >= 11 is 0. The summed E-state index contributed by atoms with van der Waals surface area (Å²) in [5.74, 6) is -1.14. The largest absolute Gasteiger partial charge is 0.481 e. The molecule has 0 aliphatic carbocycles. The van der Waals surface area contributed by atoms with Crippen molar-refractivity contribution in [1.82, 2.24) is 0 Å². The van der Waals surface area contributed by atoms with Crippen molar-refractivity contribution in [1.29, 1.82) is 0 Å². The average molecular weight is 208 g/mol. The SMILES string of the molecule is CC(C)C(CO)(C(=O)O)c1ccccc1. The fourth-order valence-electron chi connectivity index (χ4n) is 1.78. The van der Waals surface area contributed by atoms with Crippen LogP contribution in [0.1, 0.15) is 19.4 Å². The smallest absolute Gasteiger partial charge is 0.316 e. The Kier molecular flexibility index (Phi) is 3.48. The lowest BCUT2D eigenvalue weighted by atomic mass is 9.72. The molecule has 0 aliphatic heterocycles. The summed E-state index contributed by atoms with van der Waals surface area (Å²) in [6, 6.07) is 8.87. The molecule has 3 nitrogen and oxygen atoms in total. The van der Waals surface area contributed by atoms with Gasteiger partial charge in [0, 0.05) is 0 Å². The van der Waals surface area contributed by atoms with Gasteiger partial charge in [-0.15, -0.1) is 0 Å². The van der Waals surface area contributed by atoms with Gasteiger partial charge in [0.1, 0.15) is 5.41 Å². The third-order valence-corrected chi connectivity index (χ3v) is 2.91. The summed E-state index contributed by atoms with van der Waals surface area (Å²) in [6.45, 7) is 3.22. The van der Waals surface area contributed by atoms with Crippen LogP contribution in [0.2, 0.25) is 0 Å². The molecule has 2 N–H and O–H groups in total. The average Bonchev–Trinajstić information content (AvgIpc) is 2.20. The van der Waals surface area contributed by atoms with Crippen molar-refractivity contribution in [3.8, 4) is 0 Å². The minimum atomic E-state index is -1.19. The van der Waals surface area contributed by atoms with Crippen molar-refractivity contribution in [3.63, 3.8) is 0 Å². The predicted octanol–water partition coefficient (Wildman–Crippen LogP) is 1.66. The number of benzene rings is 1. The Morgan fingerprint density at radius 3 is 2.20 bits per heavy atom. The molecule has 0 heterocycles. The van der Waals surface area contributed by atoms with Crippen LogP contribution in [-0.2, 0) is 10.2 Å². The van der Waals surface area contributed by atoms with Crippen LogP contribution in [0.15, 0.2) is 30.3 Å². The number of carboxylic acid groups (broad SMARTS) is 1. The normalized spacial score (nSPS) is 14.9. The number of aliphatic hydroxyl groups excluding tert-OH is 1. The topological polar surface area (TPSA) is 57.5 Å². The van der Waals surface area contributed by atoms with Crippen LogP contribution in [-0.4, -0.2) is 22.8 Å². The van der Waals surface area contributed by atoms with E-state index in [1.165, 1.54) is 0 Å². The van der Waals surface area contributed by atoms with Crippen molar-refractivity contribution in [3.05, 3.63) is 35.9 Å². The Labute approximate surface area is 89.4 Å². The van der Waals surface area contributed by atoms with Crippen LogP contribution in [0.3, 0.4) is 0 Å². The number of hydrogen-bond donors (Lipinski definition) is 2. The molecule has 0 fully saturated rings. The molecule has 0 saturated carbocycles. The number of carbonyl (C=O) groups is 1. The summed E-state index contributed by atoms with van der Waals surface area (Å²) in [5, 5.41) is 18.7. The maximum atomic E-state index is 11.3. The molecule has 1 unspecified atom stereocenters. The molecule has 0 saturated heterocycles. The van der Waals surface area contributed by atoms with E-state index in [4.69, 9.17) is 0 Å². The predicted molar refractivity (Wildman–Crippen MR) is 57.7 cm³/mol. The molecule has 1 atom stereocenters. The van der Waals surface area contributed by atoms with E-state index in [-0.39, 0.29) is 12.5 Å². The molecule has 0 amide bonds. The Morgan fingerprint density at radius 2 is 1.87 bits per heavy atom. The zero-order chi connectivity index (χ0) is 11.5. The Bertz CT molecular complexity index is 332. The van der Waals surface area contributed by atoms with Crippen LogP contribution < -0.4 is 0 Å². The van der Waals surface area contributed by atoms with E-state index in [1.54, 1.807) is 38.1 Å². The molecule has 82 valence electrons. The number of rotatable bonds is 4. The lowest BCUT2D eigenvalue weighted by Crippen LogP contribution is -2.44. The van der Waals surface area contributed by atoms with Crippen LogP contribution >= 0.6 is 0 Å². The first kappa shape index (κ1) is 11.7. The lowest BCUT2D eigenvalue weighted by molar-refractivity contribution is -0.147. The van der Waals surface area contributed by atoms with Gasteiger partial charge in [-0.1, -0.05) is 44.2 Å². The zero-order valence-electron chi connectivity index (χ0n) is 8.97. The fraction of sp³-hybridized carbons (Fsp3) is 0.417. The van der Waals surface area contributed by atoms with Gasteiger partial charge in [-0.3, -0.25) is 4.79 Å². The molecular formula is C12H16O3. The minimum Gasteiger partial charge on any atom is -0.481 e. The molecule has 0 aromatic heterocycles. The van der Waals surface area contributed by atoms with Crippen LogP contribution in [0.5, 0.6) is 0 Å². The summed E-state index contributed by atoms with van der Waals surface area (Å²) in [6.07, 6.45) is 0. The Hall–Kier alpha value is -1.35. The van der Waals surface area contributed by atoms with Crippen molar-refractivity contribution >= 4 is 5.97 Å². The van der Waals surface area contributed by atoms with E-state index in [0.29, 0.717) is 5.56 Å². The van der Waals surface area contributed by atoms with Crippen molar-refractivity contribution in [2.75, 3.05) is 6.61 Å². The van der Waals surface area contributed by atoms with E-state index in [1.807, 2.05) is 6.07 Å². The molecule has 1 aromatic rings. The maximum absolute atomic E-state index is 11.3. The molecule has 1 aromatic carbocycles. The van der Waals surface area contributed by atoms with Crippen LogP contribution in [0.25, 0.3) is 0 Å². The van der Waals surface area contributed by atoms with Crippen molar-refractivity contribution < 1.29 is 15.0 Å². The van der Waals surface area contributed by atoms with E-state index in [2.05, 4.69) is 0 Å². The molecule has 0 bridgehead atoms. The second-order valence-electron chi connectivity index (χ2n) is 3.96. The highest BCUT2D eigenvalue weighted by Gasteiger charge is 2.42. The molecule has 15 heavy (non-hydrogen) atoms. The standard InChI is InChI=1S/C12H16O3/c1-9(2)12(8-13,11(14)15)10-6-4-3-5-7-10/h3-7,9,13H,8H2,1-2H3,(H,14,15).